The van der Waals surface area contributed by atoms with Crippen molar-refractivity contribution in [3.05, 3.63) is 96.8 Å². The number of ether oxygens (including phenoxy) is 1. The van der Waals surface area contributed by atoms with Crippen LogP contribution in [-0.2, 0) is 14.9 Å². The van der Waals surface area contributed by atoms with E-state index in [0.29, 0.717) is 22.8 Å². The van der Waals surface area contributed by atoms with E-state index in [-0.39, 0.29) is 28.0 Å². The van der Waals surface area contributed by atoms with Gasteiger partial charge in [-0.2, -0.15) is 39.1 Å². The molecule has 0 aromatic heterocycles. The number of benzene rings is 4. The number of hydrogen-bond donors (Lipinski definition) is 4. The van der Waals surface area contributed by atoms with E-state index < -0.39 is 32.3 Å². The highest BCUT2D eigenvalue weighted by molar-refractivity contribution is 7.86. The predicted octanol–water partition coefficient (Wildman–Crippen LogP) is 7.71. The van der Waals surface area contributed by atoms with Crippen molar-refractivity contribution >= 4 is 43.6 Å². The summed E-state index contributed by atoms with van der Waals surface area (Å²) in [5.41, 5.74) is 0.643. The molecule has 2 atom stereocenters. The predicted molar refractivity (Wildman–Crippen MR) is 161 cm³/mol. The van der Waals surface area contributed by atoms with Crippen molar-refractivity contribution in [3.63, 3.8) is 0 Å². The minimum absolute atomic E-state index is 0.120. The largest absolute Gasteiger partial charge is 0.508 e. The normalized spacial score (nSPS) is 18.9. The van der Waals surface area contributed by atoms with Crippen molar-refractivity contribution in [2.45, 2.75) is 23.4 Å². The zero-order valence-electron chi connectivity index (χ0n) is 23.3. The van der Waals surface area contributed by atoms with Crippen LogP contribution in [0.25, 0.3) is 10.8 Å². The quantitative estimate of drug-likeness (QED) is 0.0884. The highest BCUT2D eigenvalue weighted by atomic mass is 32.2. The Kier molecular flexibility index (Phi) is 8.20. The summed E-state index contributed by atoms with van der Waals surface area (Å²) in [6, 6.07) is 17.2. The lowest BCUT2D eigenvalue weighted by Crippen LogP contribution is -2.23. The lowest BCUT2D eigenvalue weighted by molar-refractivity contribution is 0.266. The second kappa shape index (κ2) is 12.0. The number of phenolic OH excluding ortho intramolecular Hbond substituents is 3. The molecule has 4 aromatic carbocycles. The highest BCUT2D eigenvalue weighted by Crippen LogP contribution is 2.41. The zero-order valence-corrected chi connectivity index (χ0v) is 24.2. The SMILES string of the molecule is COC1=CC(C)(N=Nc2ccc(N=Nc3ccc(O)cc3)cc2)C=CC1N=Nc1c(S(=O)(=O)O)cc(O)c2cc(O)ccc12. The van der Waals surface area contributed by atoms with Crippen LogP contribution in [0.5, 0.6) is 17.2 Å². The topological polar surface area (TPSA) is 198 Å². The highest BCUT2D eigenvalue weighted by Gasteiger charge is 2.28. The van der Waals surface area contributed by atoms with Gasteiger partial charge in [0.05, 0.1) is 24.2 Å². The number of nitrogens with zero attached hydrogens (tertiary/aromatic N) is 6. The molecule has 14 heteroatoms. The molecule has 0 saturated carbocycles. The number of methoxy groups -OCH3 is 1. The second-order valence-electron chi connectivity index (χ2n) is 9.88. The number of rotatable bonds is 8. The Hall–Kier alpha value is -5.47. The lowest BCUT2D eigenvalue weighted by atomic mass is 9.94. The van der Waals surface area contributed by atoms with Gasteiger partial charge in [0, 0.05) is 16.8 Å². The minimum Gasteiger partial charge on any atom is -0.508 e. The van der Waals surface area contributed by atoms with Crippen LogP contribution in [0.3, 0.4) is 0 Å². The van der Waals surface area contributed by atoms with Gasteiger partial charge in [0.1, 0.15) is 45.2 Å². The number of phenols is 3. The molecule has 224 valence electrons. The van der Waals surface area contributed by atoms with Crippen molar-refractivity contribution in [1.29, 1.82) is 0 Å². The molecule has 0 spiro atoms. The maximum absolute atomic E-state index is 12.1. The second-order valence-corrected chi connectivity index (χ2v) is 11.3. The number of fused-ring (bicyclic) bond motifs is 1. The van der Waals surface area contributed by atoms with Crippen LogP contribution in [0, 0.1) is 0 Å². The van der Waals surface area contributed by atoms with Gasteiger partial charge in [-0.1, -0.05) is 12.2 Å². The summed E-state index contributed by atoms with van der Waals surface area (Å²) in [7, 11) is -3.35. The molecule has 0 radical (unpaired) electrons. The van der Waals surface area contributed by atoms with E-state index in [9.17, 15) is 28.3 Å². The molecule has 4 aromatic rings. The summed E-state index contributed by atoms with van der Waals surface area (Å²) in [6.45, 7) is 1.80. The molecule has 0 amide bonds. The fourth-order valence-electron chi connectivity index (χ4n) is 4.30. The molecule has 4 N–H and O–H groups in total. The third kappa shape index (κ3) is 6.77. The molecule has 0 saturated heterocycles. The van der Waals surface area contributed by atoms with Gasteiger partial charge in [0.15, 0.2) is 0 Å². The molecule has 0 bridgehead atoms. The Morgan fingerprint density at radius 1 is 0.773 bits per heavy atom. The van der Waals surface area contributed by atoms with Gasteiger partial charge in [-0.15, -0.1) is 0 Å². The molecule has 0 heterocycles. The van der Waals surface area contributed by atoms with Crippen LogP contribution in [0.15, 0.2) is 132 Å². The van der Waals surface area contributed by atoms with E-state index in [1.54, 1.807) is 61.5 Å². The summed E-state index contributed by atoms with van der Waals surface area (Å²) >= 11 is 0. The van der Waals surface area contributed by atoms with Crippen LogP contribution in [0.1, 0.15) is 6.92 Å². The van der Waals surface area contributed by atoms with Gasteiger partial charge < -0.3 is 20.1 Å². The van der Waals surface area contributed by atoms with E-state index in [4.69, 9.17) is 4.74 Å². The van der Waals surface area contributed by atoms with Gasteiger partial charge in [0.25, 0.3) is 10.1 Å². The molecular formula is C30H26N6O7S. The Morgan fingerprint density at radius 3 is 1.98 bits per heavy atom. The van der Waals surface area contributed by atoms with Gasteiger partial charge >= 0.3 is 0 Å². The van der Waals surface area contributed by atoms with E-state index in [1.807, 2.05) is 0 Å². The molecule has 0 fully saturated rings. The van der Waals surface area contributed by atoms with Crippen molar-refractivity contribution in [3.8, 4) is 17.2 Å². The summed E-state index contributed by atoms with van der Waals surface area (Å²) in [6.07, 6.45) is 5.09. The fourth-order valence-corrected chi connectivity index (χ4v) is 4.95. The van der Waals surface area contributed by atoms with Crippen LogP contribution < -0.4 is 0 Å². The monoisotopic (exact) mass is 614 g/mol. The lowest BCUT2D eigenvalue weighted by Gasteiger charge is -2.24. The standard InChI is InChI=1S/C30H26N6O7S/c1-30(36-33-20-5-3-18(4-6-20)31-32-19-7-9-21(37)10-8-19)14-13-25(27(17-30)43-2)34-35-29-23-12-11-22(38)15-24(23)26(39)16-28(29)44(40,41)42/h3-17,25,37-39H,1-2H3,(H,40,41,42). The van der Waals surface area contributed by atoms with Gasteiger partial charge in [-0.05, 0) is 79.7 Å². The molecule has 2 unspecified atom stereocenters. The first-order valence-electron chi connectivity index (χ1n) is 13.0. The summed E-state index contributed by atoms with van der Waals surface area (Å²) in [4.78, 5) is -0.647. The van der Waals surface area contributed by atoms with Crippen LogP contribution in [0.2, 0.25) is 0 Å². The third-order valence-corrected chi connectivity index (χ3v) is 7.40. The van der Waals surface area contributed by atoms with Gasteiger partial charge in [0.2, 0.25) is 0 Å². The molecule has 13 nitrogen and oxygen atoms in total. The number of aromatic hydroxyl groups is 3. The van der Waals surface area contributed by atoms with Gasteiger partial charge in [-0.25, -0.2) is 0 Å². The molecule has 1 aliphatic carbocycles. The molecule has 44 heavy (non-hydrogen) atoms. The minimum atomic E-state index is -4.79. The Labute approximate surface area is 251 Å². The summed E-state index contributed by atoms with van der Waals surface area (Å²) in [5.74, 6) is -0.119. The molecule has 1 aliphatic rings. The van der Waals surface area contributed by atoms with Gasteiger partial charge in [-0.3, -0.25) is 4.55 Å². The summed E-state index contributed by atoms with van der Waals surface area (Å²) in [5, 5.41) is 55.2. The number of azo groups is 3. The van der Waals surface area contributed by atoms with Crippen LogP contribution in [0.4, 0.5) is 22.7 Å². The van der Waals surface area contributed by atoms with Crippen LogP contribution in [-0.4, -0.2) is 47.0 Å². The number of hydrogen-bond acceptors (Lipinski definition) is 12. The van der Waals surface area contributed by atoms with E-state index in [1.165, 1.54) is 37.4 Å². The first kappa shape index (κ1) is 30.0. The first-order valence-corrected chi connectivity index (χ1v) is 14.4. The average molecular weight is 615 g/mol. The zero-order chi connectivity index (χ0) is 31.5. The fraction of sp³-hybridized carbons (Fsp3) is 0.133. The Balaban J connectivity index is 1.36. The first-order chi connectivity index (χ1) is 20.9. The van der Waals surface area contributed by atoms with E-state index >= 15 is 0 Å². The Morgan fingerprint density at radius 2 is 1.36 bits per heavy atom. The molecular weight excluding hydrogens is 588 g/mol. The molecule has 5 rings (SSSR count). The van der Waals surface area contributed by atoms with E-state index in [2.05, 4.69) is 30.7 Å². The summed E-state index contributed by atoms with van der Waals surface area (Å²) < 4.78 is 39.5. The maximum Gasteiger partial charge on any atom is 0.296 e. The average Bonchev–Trinajstić information content (AvgIpc) is 3.00. The van der Waals surface area contributed by atoms with Crippen molar-refractivity contribution in [2.75, 3.05) is 7.11 Å². The van der Waals surface area contributed by atoms with E-state index in [0.717, 1.165) is 6.07 Å². The Bertz CT molecular complexity index is 1970. The van der Waals surface area contributed by atoms with Crippen molar-refractivity contribution in [1.82, 2.24) is 0 Å². The smallest absolute Gasteiger partial charge is 0.296 e. The van der Waals surface area contributed by atoms with Crippen LogP contribution >= 0.6 is 0 Å². The third-order valence-electron chi connectivity index (χ3n) is 6.53. The molecule has 0 aliphatic heterocycles. The van der Waals surface area contributed by atoms with Crippen molar-refractivity contribution < 1.29 is 33.0 Å². The maximum atomic E-state index is 12.1. The van der Waals surface area contributed by atoms with Crippen molar-refractivity contribution in [2.24, 2.45) is 30.7 Å².